The van der Waals surface area contributed by atoms with Crippen LogP contribution in [0.25, 0.3) is 0 Å². The fourth-order valence-electron chi connectivity index (χ4n) is 0.988. The molecule has 0 bridgehead atoms. The Kier molecular flexibility index (Phi) is 2.94. The van der Waals surface area contributed by atoms with Gasteiger partial charge in [0.15, 0.2) is 0 Å². The molecule has 0 aliphatic heterocycles. The van der Waals surface area contributed by atoms with Gasteiger partial charge in [0.1, 0.15) is 0 Å². The quantitative estimate of drug-likeness (QED) is 0.672. The normalized spacial score (nSPS) is 10.1. The lowest BCUT2D eigenvalue weighted by Crippen LogP contribution is -2.05. The lowest BCUT2D eigenvalue weighted by Gasteiger charge is -2.06. The largest absolute Gasteiger partial charge is 0.370 e. The fourth-order valence-corrected chi connectivity index (χ4v) is 2.02. The Morgan fingerprint density at radius 2 is 2.09 bits per heavy atom. The van der Waals surface area contributed by atoms with Crippen molar-refractivity contribution < 1.29 is 0 Å². The van der Waals surface area contributed by atoms with Crippen LogP contribution in [0.5, 0.6) is 0 Å². The molecule has 0 unspecified atom stereocenters. The molecule has 0 N–H and O–H groups in total. The van der Waals surface area contributed by atoms with Gasteiger partial charge in [-0.1, -0.05) is 13.3 Å². The topological polar surface area (TPSA) is 3.24 Å². The predicted octanol–water partition coefficient (Wildman–Crippen LogP) is 2.77. The molecule has 1 aromatic heterocycles. The van der Waals surface area contributed by atoms with E-state index in [9.17, 15) is 0 Å². The van der Waals surface area contributed by atoms with Crippen LogP contribution in [0.15, 0.2) is 12.1 Å². The average Bonchev–Trinajstić information content (AvgIpc) is 2.37. The molecular weight excluding hydrogens is 154 g/mol. The second-order valence-electron chi connectivity index (χ2n) is 2.88. The monoisotopic (exact) mass is 169 g/mol. The summed E-state index contributed by atoms with van der Waals surface area (Å²) in [6.07, 6.45) is 2.46. The van der Waals surface area contributed by atoms with Gasteiger partial charge in [0.05, 0.1) is 5.00 Å². The Morgan fingerprint density at radius 1 is 1.36 bits per heavy atom. The van der Waals surface area contributed by atoms with E-state index in [0.717, 1.165) is 0 Å². The third-order valence-corrected chi connectivity index (χ3v) is 2.90. The molecule has 1 nitrogen and oxygen atoms in total. The Labute approximate surface area is 72.7 Å². The first-order chi connectivity index (χ1) is 5.24. The van der Waals surface area contributed by atoms with Gasteiger partial charge in [-0.25, -0.2) is 0 Å². The van der Waals surface area contributed by atoms with E-state index in [1.54, 1.807) is 0 Å². The maximum absolute atomic E-state index is 2.23. The van der Waals surface area contributed by atoms with Crippen molar-refractivity contribution in [3.8, 4) is 0 Å². The van der Waals surface area contributed by atoms with E-state index in [4.69, 9.17) is 0 Å². The molecule has 1 aromatic rings. The number of hydrogen-bond donors (Lipinski definition) is 0. The van der Waals surface area contributed by atoms with Crippen LogP contribution in [-0.4, -0.2) is 14.1 Å². The minimum atomic E-state index is 1.22. The predicted molar refractivity (Wildman–Crippen MR) is 52.6 cm³/mol. The third-order valence-electron chi connectivity index (χ3n) is 1.58. The zero-order valence-electron chi connectivity index (χ0n) is 7.42. The SMILES string of the molecule is CCCc1ccc(N(C)C)s1. The molecule has 2 heteroatoms. The minimum Gasteiger partial charge on any atom is -0.370 e. The van der Waals surface area contributed by atoms with Crippen LogP contribution in [0.1, 0.15) is 18.2 Å². The van der Waals surface area contributed by atoms with Gasteiger partial charge in [-0.3, -0.25) is 0 Å². The summed E-state index contributed by atoms with van der Waals surface area (Å²) in [5, 5.41) is 1.36. The van der Waals surface area contributed by atoms with Crippen molar-refractivity contribution in [2.45, 2.75) is 19.8 Å². The van der Waals surface area contributed by atoms with Crippen LogP contribution in [0, 0.1) is 0 Å². The zero-order chi connectivity index (χ0) is 8.27. The van der Waals surface area contributed by atoms with Gasteiger partial charge < -0.3 is 4.90 Å². The first kappa shape index (κ1) is 8.60. The van der Waals surface area contributed by atoms with Crippen LogP contribution in [-0.2, 0) is 6.42 Å². The van der Waals surface area contributed by atoms with E-state index in [1.807, 2.05) is 11.3 Å². The summed E-state index contributed by atoms with van der Waals surface area (Å²) in [7, 11) is 4.17. The van der Waals surface area contributed by atoms with Crippen LogP contribution >= 0.6 is 11.3 Å². The molecule has 1 rings (SSSR count). The molecule has 0 saturated carbocycles. The van der Waals surface area contributed by atoms with Gasteiger partial charge in [0, 0.05) is 19.0 Å². The van der Waals surface area contributed by atoms with Crippen LogP contribution in [0.4, 0.5) is 5.00 Å². The number of rotatable bonds is 3. The highest BCUT2D eigenvalue weighted by molar-refractivity contribution is 7.16. The number of hydrogen-bond acceptors (Lipinski definition) is 2. The van der Waals surface area contributed by atoms with Crippen molar-refractivity contribution in [3.63, 3.8) is 0 Å². The maximum Gasteiger partial charge on any atom is 0.0906 e. The number of aryl methyl sites for hydroxylation is 1. The molecule has 0 amide bonds. The molecule has 0 aliphatic rings. The molecule has 0 saturated heterocycles. The number of nitrogens with zero attached hydrogens (tertiary/aromatic N) is 1. The molecule has 0 spiro atoms. The average molecular weight is 169 g/mol. The molecule has 0 fully saturated rings. The first-order valence-electron chi connectivity index (χ1n) is 4.00. The second-order valence-corrected chi connectivity index (χ2v) is 4.03. The summed E-state index contributed by atoms with van der Waals surface area (Å²) in [5.41, 5.74) is 0. The highest BCUT2D eigenvalue weighted by Crippen LogP contribution is 2.24. The van der Waals surface area contributed by atoms with Gasteiger partial charge in [-0.2, -0.15) is 0 Å². The summed E-state index contributed by atoms with van der Waals surface area (Å²) < 4.78 is 0. The van der Waals surface area contributed by atoms with Gasteiger partial charge in [0.2, 0.25) is 0 Å². The van der Waals surface area contributed by atoms with E-state index in [0.29, 0.717) is 0 Å². The molecule has 62 valence electrons. The van der Waals surface area contributed by atoms with Crippen LogP contribution in [0.3, 0.4) is 0 Å². The summed E-state index contributed by atoms with van der Waals surface area (Å²) >= 11 is 1.89. The van der Waals surface area contributed by atoms with Gasteiger partial charge in [-0.05, 0) is 18.6 Å². The zero-order valence-corrected chi connectivity index (χ0v) is 8.24. The van der Waals surface area contributed by atoms with E-state index in [-0.39, 0.29) is 0 Å². The van der Waals surface area contributed by atoms with Gasteiger partial charge in [0.25, 0.3) is 0 Å². The lowest BCUT2D eigenvalue weighted by atomic mass is 10.3. The van der Waals surface area contributed by atoms with Crippen molar-refractivity contribution in [2.24, 2.45) is 0 Å². The second kappa shape index (κ2) is 3.77. The number of thiophene rings is 1. The Bertz CT molecular complexity index is 215. The van der Waals surface area contributed by atoms with Crippen molar-refractivity contribution in [3.05, 3.63) is 17.0 Å². The molecule has 0 atom stereocenters. The molecule has 0 aromatic carbocycles. The van der Waals surface area contributed by atoms with E-state index < -0.39 is 0 Å². The summed E-state index contributed by atoms with van der Waals surface area (Å²) in [5.74, 6) is 0. The smallest absolute Gasteiger partial charge is 0.0906 e. The van der Waals surface area contributed by atoms with E-state index in [1.165, 1.54) is 22.7 Å². The van der Waals surface area contributed by atoms with Crippen molar-refractivity contribution >= 4 is 16.3 Å². The van der Waals surface area contributed by atoms with E-state index >= 15 is 0 Å². The summed E-state index contributed by atoms with van der Waals surface area (Å²) in [4.78, 5) is 3.65. The summed E-state index contributed by atoms with van der Waals surface area (Å²) in [6, 6.07) is 4.42. The number of anilines is 1. The van der Waals surface area contributed by atoms with Crippen LogP contribution < -0.4 is 4.90 Å². The molecule has 11 heavy (non-hydrogen) atoms. The minimum absolute atomic E-state index is 1.22. The van der Waals surface area contributed by atoms with Crippen LogP contribution in [0.2, 0.25) is 0 Å². The van der Waals surface area contributed by atoms with Gasteiger partial charge in [-0.15, -0.1) is 11.3 Å². The van der Waals surface area contributed by atoms with Crippen molar-refractivity contribution in [1.29, 1.82) is 0 Å². The third kappa shape index (κ3) is 2.22. The Hall–Kier alpha value is -0.500. The van der Waals surface area contributed by atoms with Gasteiger partial charge >= 0.3 is 0 Å². The van der Waals surface area contributed by atoms with Crippen molar-refractivity contribution in [1.82, 2.24) is 0 Å². The molecule has 1 heterocycles. The molecule has 0 aliphatic carbocycles. The maximum atomic E-state index is 2.23. The fraction of sp³-hybridized carbons (Fsp3) is 0.556. The molecule has 0 radical (unpaired) electrons. The highest BCUT2D eigenvalue weighted by atomic mass is 32.1. The Balaban J connectivity index is 2.66. The Morgan fingerprint density at radius 3 is 2.55 bits per heavy atom. The first-order valence-corrected chi connectivity index (χ1v) is 4.81. The highest BCUT2D eigenvalue weighted by Gasteiger charge is 1.99. The van der Waals surface area contributed by atoms with Crippen molar-refractivity contribution in [2.75, 3.05) is 19.0 Å². The standard InChI is InChI=1S/C9H15NS/c1-4-5-8-6-7-9(11-8)10(2)3/h6-7H,4-5H2,1-3H3. The van der Waals surface area contributed by atoms with E-state index in [2.05, 4.69) is 38.1 Å². The summed E-state index contributed by atoms with van der Waals surface area (Å²) in [6.45, 7) is 2.22. The lowest BCUT2D eigenvalue weighted by molar-refractivity contribution is 0.940. The molecular formula is C9H15NS.